The minimum absolute atomic E-state index is 0.197. The molecule has 0 amide bonds. The zero-order valence-corrected chi connectivity index (χ0v) is 10.6. The van der Waals surface area contributed by atoms with Crippen molar-refractivity contribution in [2.45, 2.75) is 13.0 Å². The Morgan fingerprint density at radius 2 is 2.15 bits per heavy atom. The summed E-state index contributed by atoms with van der Waals surface area (Å²) in [4.78, 5) is 14.2. The molecule has 1 aromatic carbocycles. The van der Waals surface area contributed by atoms with E-state index < -0.39 is 22.2 Å². The van der Waals surface area contributed by atoms with Crippen LogP contribution in [0.5, 0.6) is 11.5 Å². The Bertz CT molecular complexity index is 629. The summed E-state index contributed by atoms with van der Waals surface area (Å²) in [6, 6.07) is 6.41. The first-order chi connectivity index (χ1) is 9.49. The Balaban J connectivity index is 2.32. The third kappa shape index (κ3) is 2.89. The normalized spacial score (nSPS) is 11.9. The molecule has 0 saturated carbocycles. The summed E-state index contributed by atoms with van der Waals surface area (Å²) in [6.07, 6.45) is 1.34. The van der Waals surface area contributed by atoms with Crippen LogP contribution < -0.4 is 10.5 Å². The predicted octanol–water partition coefficient (Wildman–Crippen LogP) is 2.94. The summed E-state index contributed by atoms with van der Waals surface area (Å²) >= 11 is 0. The molecule has 2 N–H and O–H groups in total. The number of hydrogen-bond acceptors (Lipinski definition) is 5. The van der Waals surface area contributed by atoms with Crippen LogP contribution in [-0.4, -0.2) is 9.91 Å². The number of nitro groups is 1. The number of aromatic nitrogens is 1. The van der Waals surface area contributed by atoms with Gasteiger partial charge >= 0.3 is 5.69 Å². The standard InChI is InChI=1S/C13H12FN3O3/c1-8(15)11-6-5-9(7-16-11)20-13-10(14)3-2-4-12(13)17(18)19/h2-8H,15H2,1H3. The lowest BCUT2D eigenvalue weighted by molar-refractivity contribution is -0.385. The van der Waals surface area contributed by atoms with Crippen molar-refractivity contribution in [3.63, 3.8) is 0 Å². The number of nitro benzene ring substituents is 1. The lowest BCUT2D eigenvalue weighted by Crippen LogP contribution is -2.06. The van der Waals surface area contributed by atoms with E-state index in [1.165, 1.54) is 24.4 Å². The van der Waals surface area contributed by atoms with Gasteiger partial charge in [0.15, 0.2) is 5.82 Å². The number of nitrogens with two attached hydrogens (primary N) is 1. The first-order valence-electron chi connectivity index (χ1n) is 5.81. The fourth-order valence-corrected chi connectivity index (χ4v) is 1.58. The van der Waals surface area contributed by atoms with E-state index in [-0.39, 0.29) is 11.8 Å². The number of hydrogen-bond donors (Lipinski definition) is 1. The van der Waals surface area contributed by atoms with Gasteiger partial charge in [0.2, 0.25) is 5.75 Å². The Hall–Kier alpha value is -2.54. The van der Waals surface area contributed by atoms with E-state index in [1.54, 1.807) is 13.0 Å². The number of nitrogens with zero attached hydrogens (tertiary/aromatic N) is 2. The van der Waals surface area contributed by atoms with E-state index in [1.807, 2.05) is 0 Å². The number of benzene rings is 1. The highest BCUT2D eigenvalue weighted by atomic mass is 19.1. The van der Waals surface area contributed by atoms with Crippen molar-refractivity contribution in [3.8, 4) is 11.5 Å². The van der Waals surface area contributed by atoms with Crippen LogP contribution in [0.3, 0.4) is 0 Å². The second kappa shape index (κ2) is 5.62. The molecule has 1 atom stereocenters. The molecule has 20 heavy (non-hydrogen) atoms. The number of ether oxygens (including phenoxy) is 1. The van der Waals surface area contributed by atoms with Gasteiger partial charge in [0.1, 0.15) is 5.75 Å². The highest BCUT2D eigenvalue weighted by Crippen LogP contribution is 2.33. The Kier molecular flexibility index (Phi) is 3.90. The van der Waals surface area contributed by atoms with E-state index in [4.69, 9.17) is 10.5 Å². The molecule has 0 bridgehead atoms. The molecule has 0 spiro atoms. The Morgan fingerprint density at radius 1 is 1.40 bits per heavy atom. The third-order valence-electron chi connectivity index (χ3n) is 2.59. The molecule has 1 unspecified atom stereocenters. The van der Waals surface area contributed by atoms with Crippen LogP contribution in [0.2, 0.25) is 0 Å². The summed E-state index contributed by atoms with van der Waals surface area (Å²) in [5.41, 5.74) is 5.85. The maximum atomic E-state index is 13.6. The highest BCUT2D eigenvalue weighted by Gasteiger charge is 2.20. The van der Waals surface area contributed by atoms with E-state index in [2.05, 4.69) is 4.98 Å². The summed E-state index contributed by atoms with van der Waals surface area (Å²) in [7, 11) is 0. The van der Waals surface area contributed by atoms with Crippen molar-refractivity contribution in [2.75, 3.05) is 0 Å². The van der Waals surface area contributed by atoms with Gasteiger partial charge in [0.25, 0.3) is 0 Å². The molecule has 0 fully saturated rings. The maximum absolute atomic E-state index is 13.6. The van der Waals surface area contributed by atoms with Gasteiger partial charge < -0.3 is 10.5 Å². The zero-order chi connectivity index (χ0) is 14.7. The van der Waals surface area contributed by atoms with Crippen LogP contribution in [0.4, 0.5) is 10.1 Å². The van der Waals surface area contributed by atoms with Crippen LogP contribution in [0, 0.1) is 15.9 Å². The molecule has 0 aliphatic rings. The van der Waals surface area contributed by atoms with Gasteiger partial charge in [0.05, 0.1) is 16.8 Å². The van der Waals surface area contributed by atoms with E-state index in [0.717, 1.165) is 6.07 Å². The van der Waals surface area contributed by atoms with Crippen molar-refractivity contribution in [2.24, 2.45) is 5.73 Å². The van der Waals surface area contributed by atoms with Crippen molar-refractivity contribution >= 4 is 5.69 Å². The maximum Gasteiger partial charge on any atom is 0.314 e. The Labute approximate surface area is 114 Å². The first kappa shape index (κ1) is 13.9. The third-order valence-corrected chi connectivity index (χ3v) is 2.59. The smallest absolute Gasteiger partial charge is 0.314 e. The van der Waals surface area contributed by atoms with Crippen LogP contribution in [-0.2, 0) is 0 Å². The summed E-state index contributed by atoms with van der Waals surface area (Å²) < 4.78 is 18.9. The quantitative estimate of drug-likeness (QED) is 0.685. The molecule has 6 nitrogen and oxygen atoms in total. The molecular formula is C13H12FN3O3. The fraction of sp³-hybridized carbons (Fsp3) is 0.154. The topological polar surface area (TPSA) is 91.3 Å². The highest BCUT2D eigenvalue weighted by molar-refractivity contribution is 5.49. The lowest BCUT2D eigenvalue weighted by atomic mass is 10.2. The summed E-state index contributed by atoms with van der Waals surface area (Å²) in [5.74, 6) is -1.05. The largest absolute Gasteiger partial charge is 0.445 e. The van der Waals surface area contributed by atoms with Gasteiger partial charge in [-0.2, -0.15) is 0 Å². The minimum Gasteiger partial charge on any atom is -0.445 e. The van der Waals surface area contributed by atoms with Crippen LogP contribution in [0.25, 0.3) is 0 Å². The fourth-order valence-electron chi connectivity index (χ4n) is 1.58. The van der Waals surface area contributed by atoms with Crippen LogP contribution in [0.15, 0.2) is 36.5 Å². The minimum atomic E-state index is -0.810. The second-order valence-corrected chi connectivity index (χ2v) is 4.15. The molecule has 7 heteroatoms. The number of pyridine rings is 1. The molecule has 0 saturated heterocycles. The summed E-state index contributed by atoms with van der Waals surface area (Å²) in [6.45, 7) is 1.77. The average molecular weight is 277 g/mol. The zero-order valence-electron chi connectivity index (χ0n) is 10.6. The van der Waals surface area contributed by atoms with Gasteiger partial charge in [-0.1, -0.05) is 6.07 Å². The van der Waals surface area contributed by atoms with Gasteiger partial charge in [-0.3, -0.25) is 15.1 Å². The van der Waals surface area contributed by atoms with Crippen molar-refractivity contribution in [3.05, 3.63) is 58.2 Å². The number of rotatable bonds is 4. The van der Waals surface area contributed by atoms with Crippen molar-refractivity contribution in [1.29, 1.82) is 0 Å². The lowest BCUT2D eigenvalue weighted by Gasteiger charge is -2.08. The van der Waals surface area contributed by atoms with Crippen LogP contribution >= 0.6 is 0 Å². The molecule has 1 aromatic heterocycles. The van der Waals surface area contributed by atoms with Gasteiger partial charge in [-0.25, -0.2) is 4.39 Å². The molecule has 1 heterocycles. The first-order valence-corrected chi connectivity index (χ1v) is 5.81. The molecule has 0 aliphatic carbocycles. The molecule has 0 radical (unpaired) electrons. The molecular weight excluding hydrogens is 265 g/mol. The monoisotopic (exact) mass is 277 g/mol. The van der Waals surface area contributed by atoms with Gasteiger partial charge in [0, 0.05) is 12.1 Å². The molecule has 104 valence electrons. The van der Waals surface area contributed by atoms with Crippen molar-refractivity contribution < 1.29 is 14.1 Å². The van der Waals surface area contributed by atoms with Gasteiger partial charge in [-0.15, -0.1) is 0 Å². The SMILES string of the molecule is CC(N)c1ccc(Oc2c(F)cccc2[N+](=O)[O-])cn1. The predicted molar refractivity (Wildman–Crippen MR) is 70.0 cm³/mol. The van der Waals surface area contributed by atoms with E-state index in [9.17, 15) is 14.5 Å². The second-order valence-electron chi connectivity index (χ2n) is 4.15. The number of halogens is 1. The van der Waals surface area contributed by atoms with E-state index in [0.29, 0.717) is 5.69 Å². The van der Waals surface area contributed by atoms with Crippen LogP contribution in [0.1, 0.15) is 18.7 Å². The average Bonchev–Trinajstić information content (AvgIpc) is 2.41. The Morgan fingerprint density at radius 3 is 2.70 bits per heavy atom. The number of para-hydroxylation sites is 1. The molecule has 0 aliphatic heterocycles. The summed E-state index contributed by atoms with van der Waals surface area (Å²) in [5, 5.41) is 10.8. The molecule has 2 rings (SSSR count). The molecule has 2 aromatic rings. The van der Waals surface area contributed by atoms with E-state index >= 15 is 0 Å². The van der Waals surface area contributed by atoms with Gasteiger partial charge in [-0.05, 0) is 25.1 Å². The van der Waals surface area contributed by atoms with Crippen molar-refractivity contribution in [1.82, 2.24) is 4.98 Å².